The summed E-state index contributed by atoms with van der Waals surface area (Å²) in [6.45, 7) is 5.49. The SMILES string of the molecule is CCNC(=O)N1CC(C(=O)NCCc2ccccc2OC)CCC1c1cccc(C)c1. The molecule has 0 saturated carbocycles. The van der Waals surface area contributed by atoms with E-state index >= 15 is 0 Å². The summed E-state index contributed by atoms with van der Waals surface area (Å²) in [6, 6.07) is 16.0. The number of piperidine rings is 1. The van der Waals surface area contributed by atoms with Gasteiger partial charge in [0.25, 0.3) is 0 Å². The third-order valence-electron chi connectivity index (χ3n) is 5.85. The summed E-state index contributed by atoms with van der Waals surface area (Å²) in [5.74, 6) is 0.631. The van der Waals surface area contributed by atoms with Crippen LogP contribution in [0.2, 0.25) is 0 Å². The lowest BCUT2D eigenvalue weighted by Gasteiger charge is -2.39. The number of nitrogens with zero attached hydrogens (tertiary/aromatic N) is 1. The average Bonchev–Trinajstić information content (AvgIpc) is 2.79. The van der Waals surface area contributed by atoms with Crippen LogP contribution in [0.5, 0.6) is 5.75 Å². The number of methoxy groups -OCH3 is 1. The first kappa shape index (κ1) is 22.7. The Labute approximate surface area is 185 Å². The van der Waals surface area contributed by atoms with Crippen molar-refractivity contribution >= 4 is 11.9 Å². The molecule has 1 aliphatic heterocycles. The average molecular weight is 424 g/mol. The number of hydrogen-bond acceptors (Lipinski definition) is 3. The van der Waals surface area contributed by atoms with Crippen LogP contribution in [-0.4, -0.2) is 43.6 Å². The fourth-order valence-corrected chi connectivity index (χ4v) is 4.26. The van der Waals surface area contributed by atoms with Crippen molar-refractivity contribution in [3.63, 3.8) is 0 Å². The Bertz CT molecular complexity index is 899. The summed E-state index contributed by atoms with van der Waals surface area (Å²) < 4.78 is 5.38. The molecule has 0 radical (unpaired) electrons. The Kier molecular flexibility index (Phi) is 7.93. The van der Waals surface area contributed by atoms with Gasteiger partial charge in [0.1, 0.15) is 5.75 Å². The molecule has 3 rings (SSSR count). The van der Waals surface area contributed by atoms with Crippen molar-refractivity contribution in [1.29, 1.82) is 0 Å². The smallest absolute Gasteiger partial charge is 0.317 e. The van der Waals surface area contributed by atoms with Gasteiger partial charge in [0, 0.05) is 19.6 Å². The number of hydrogen-bond donors (Lipinski definition) is 2. The molecule has 6 nitrogen and oxygen atoms in total. The zero-order valence-corrected chi connectivity index (χ0v) is 18.7. The molecule has 2 unspecified atom stereocenters. The van der Waals surface area contributed by atoms with E-state index in [0.717, 1.165) is 29.7 Å². The Hall–Kier alpha value is -3.02. The minimum Gasteiger partial charge on any atom is -0.496 e. The molecule has 2 atom stereocenters. The van der Waals surface area contributed by atoms with E-state index in [9.17, 15) is 9.59 Å². The van der Waals surface area contributed by atoms with Gasteiger partial charge in [-0.3, -0.25) is 4.79 Å². The van der Waals surface area contributed by atoms with Crippen molar-refractivity contribution in [3.8, 4) is 5.75 Å². The molecular formula is C25H33N3O3. The van der Waals surface area contributed by atoms with Gasteiger partial charge in [-0.05, 0) is 50.3 Å². The molecule has 1 saturated heterocycles. The van der Waals surface area contributed by atoms with Crippen LogP contribution in [-0.2, 0) is 11.2 Å². The zero-order chi connectivity index (χ0) is 22.2. The highest BCUT2D eigenvalue weighted by molar-refractivity contribution is 5.81. The summed E-state index contributed by atoms with van der Waals surface area (Å²) >= 11 is 0. The minimum atomic E-state index is -0.207. The van der Waals surface area contributed by atoms with Crippen molar-refractivity contribution in [1.82, 2.24) is 15.5 Å². The van der Waals surface area contributed by atoms with E-state index < -0.39 is 0 Å². The molecule has 1 aliphatic rings. The van der Waals surface area contributed by atoms with Crippen LogP contribution in [0.3, 0.4) is 0 Å². The van der Waals surface area contributed by atoms with Gasteiger partial charge in [-0.1, -0.05) is 48.0 Å². The summed E-state index contributed by atoms with van der Waals surface area (Å²) in [5.41, 5.74) is 3.36. The van der Waals surface area contributed by atoms with Gasteiger partial charge in [0.15, 0.2) is 0 Å². The molecule has 0 aliphatic carbocycles. The van der Waals surface area contributed by atoms with Crippen molar-refractivity contribution in [2.24, 2.45) is 5.92 Å². The molecule has 0 spiro atoms. The first-order chi connectivity index (χ1) is 15.0. The Morgan fingerprint density at radius 3 is 2.65 bits per heavy atom. The molecular weight excluding hydrogens is 390 g/mol. The van der Waals surface area contributed by atoms with E-state index in [1.54, 1.807) is 7.11 Å². The largest absolute Gasteiger partial charge is 0.496 e. The molecule has 6 heteroatoms. The maximum Gasteiger partial charge on any atom is 0.317 e. The molecule has 2 aromatic carbocycles. The van der Waals surface area contributed by atoms with Crippen LogP contribution in [0, 0.1) is 12.8 Å². The monoisotopic (exact) mass is 423 g/mol. The van der Waals surface area contributed by atoms with Gasteiger partial charge in [-0.2, -0.15) is 0 Å². The van der Waals surface area contributed by atoms with Crippen LogP contribution in [0.4, 0.5) is 4.79 Å². The predicted octanol–water partition coefficient (Wildman–Crippen LogP) is 3.85. The topological polar surface area (TPSA) is 70.7 Å². The molecule has 1 fully saturated rings. The molecule has 2 aromatic rings. The van der Waals surface area contributed by atoms with E-state index in [2.05, 4.69) is 35.8 Å². The predicted molar refractivity (Wildman–Crippen MR) is 122 cm³/mol. The van der Waals surface area contributed by atoms with Crippen LogP contribution in [0.25, 0.3) is 0 Å². The van der Waals surface area contributed by atoms with Crippen molar-refractivity contribution < 1.29 is 14.3 Å². The molecule has 1 heterocycles. The second-order valence-electron chi connectivity index (χ2n) is 8.04. The number of likely N-dealkylation sites (tertiary alicyclic amines) is 1. The van der Waals surface area contributed by atoms with Crippen LogP contribution >= 0.6 is 0 Å². The van der Waals surface area contributed by atoms with E-state index in [1.165, 1.54) is 5.56 Å². The number of ether oxygens (including phenoxy) is 1. The van der Waals surface area contributed by atoms with Gasteiger partial charge in [0.05, 0.1) is 19.1 Å². The quantitative estimate of drug-likeness (QED) is 0.711. The van der Waals surface area contributed by atoms with Gasteiger partial charge >= 0.3 is 6.03 Å². The number of amides is 3. The minimum absolute atomic E-state index is 0.00638. The van der Waals surface area contributed by atoms with Crippen molar-refractivity contribution in [2.45, 2.75) is 39.2 Å². The third kappa shape index (κ3) is 5.78. The van der Waals surface area contributed by atoms with Gasteiger partial charge in [0.2, 0.25) is 5.91 Å². The highest BCUT2D eigenvalue weighted by atomic mass is 16.5. The maximum atomic E-state index is 12.9. The zero-order valence-electron chi connectivity index (χ0n) is 18.7. The van der Waals surface area contributed by atoms with Gasteiger partial charge in [-0.25, -0.2) is 4.79 Å². The van der Waals surface area contributed by atoms with Crippen LogP contribution < -0.4 is 15.4 Å². The number of para-hydroxylation sites is 1. The number of carbonyl (C=O) groups is 2. The van der Waals surface area contributed by atoms with E-state index in [-0.39, 0.29) is 23.9 Å². The molecule has 0 bridgehead atoms. The highest BCUT2D eigenvalue weighted by Crippen LogP contribution is 2.34. The molecule has 31 heavy (non-hydrogen) atoms. The normalized spacial score (nSPS) is 18.4. The van der Waals surface area contributed by atoms with Crippen molar-refractivity contribution in [3.05, 3.63) is 65.2 Å². The summed E-state index contributed by atoms with van der Waals surface area (Å²) in [6.07, 6.45) is 2.23. The lowest BCUT2D eigenvalue weighted by Crippen LogP contribution is -2.50. The van der Waals surface area contributed by atoms with E-state index in [1.807, 2.05) is 42.2 Å². The van der Waals surface area contributed by atoms with E-state index in [0.29, 0.717) is 26.1 Å². The molecule has 3 amide bonds. The third-order valence-corrected chi connectivity index (χ3v) is 5.85. The first-order valence-corrected chi connectivity index (χ1v) is 11.0. The fourth-order valence-electron chi connectivity index (χ4n) is 4.26. The number of carbonyl (C=O) groups excluding carboxylic acids is 2. The first-order valence-electron chi connectivity index (χ1n) is 11.0. The summed E-state index contributed by atoms with van der Waals surface area (Å²) in [7, 11) is 1.65. The van der Waals surface area contributed by atoms with Crippen molar-refractivity contribution in [2.75, 3.05) is 26.7 Å². The Morgan fingerprint density at radius 1 is 1.10 bits per heavy atom. The fraction of sp³-hybridized carbons (Fsp3) is 0.440. The standard InChI is InChI=1S/C25H33N3O3/c1-4-26-25(30)28-17-21(12-13-22(28)20-10-7-8-18(2)16-20)24(29)27-15-14-19-9-5-6-11-23(19)31-3/h5-11,16,21-22H,4,12-15,17H2,1-3H3,(H,26,30)(H,27,29). The number of benzene rings is 2. The highest BCUT2D eigenvalue weighted by Gasteiger charge is 2.35. The maximum absolute atomic E-state index is 12.9. The number of aryl methyl sites for hydroxylation is 1. The molecule has 2 N–H and O–H groups in total. The molecule has 166 valence electrons. The van der Waals surface area contributed by atoms with Crippen LogP contribution in [0.1, 0.15) is 42.5 Å². The Morgan fingerprint density at radius 2 is 1.90 bits per heavy atom. The number of nitrogens with one attached hydrogen (secondary N) is 2. The van der Waals surface area contributed by atoms with Gasteiger partial charge in [-0.15, -0.1) is 0 Å². The number of rotatable bonds is 7. The van der Waals surface area contributed by atoms with Crippen LogP contribution in [0.15, 0.2) is 48.5 Å². The summed E-state index contributed by atoms with van der Waals surface area (Å²) in [5, 5.41) is 5.96. The lowest BCUT2D eigenvalue weighted by molar-refractivity contribution is -0.126. The second-order valence-corrected chi connectivity index (χ2v) is 8.04. The second kappa shape index (κ2) is 10.8. The lowest BCUT2D eigenvalue weighted by atomic mass is 9.88. The van der Waals surface area contributed by atoms with E-state index in [4.69, 9.17) is 4.74 Å². The summed E-state index contributed by atoms with van der Waals surface area (Å²) in [4.78, 5) is 27.5. The molecule has 0 aromatic heterocycles. The number of urea groups is 1. The van der Waals surface area contributed by atoms with Gasteiger partial charge < -0.3 is 20.3 Å². The Balaban J connectivity index is 1.63.